The van der Waals surface area contributed by atoms with Gasteiger partial charge in [-0.15, -0.1) is 11.8 Å². The number of nitrogens with one attached hydrogen (secondary N) is 1. The molecule has 2 aromatic carbocycles. The molecule has 0 aliphatic rings. The minimum Gasteiger partial charge on any atom is -0.292 e. The third-order valence-corrected chi connectivity index (χ3v) is 4.41. The van der Waals surface area contributed by atoms with Gasteiger partial charge in [-0.1, -0.05) is 29.8 Å². The summed E-state index contributed by atoms with van der Waals surface area (Å²) in [6.45, 7) is 2.02. The Kier molecular flexibility index (Phi) is 6.55. The number of halogens is 1. The summed E-state index contributed by atoms with van der Waals surface area (Å²) < 4.78 is 15.5. The molecule has 5 heteroatoms. The molecule has 2 aromatic rings. The fourth-order valence-corrected chi connectivity index (χ4v) is 2.84. The number of thioether (sulfide) groups is 1. The average molecular weight is 333 g/mol. The maximum atomic E-state index is 12.8. The van der Waals surface area contributed by atoms with E-state index >= 15 is 0 Å². The van der Waals surface area contributed by atoms with Gasteiger partial charge in [0.1, 0.15) is 5.82 Å². The standard InChI is InChI=1S/C17H16FNOS2/c1-13-2-8-16(9-3-13)22-19-17(20)10-11-21-12-14-4-6-15(18)7-5-14/h2-11H,12H2,1H3,(H,19,20)/b11-10+. The fourth-order valence-electron chi connectivity index (χ4n) is 1.58. The fraction of sp³-hybridized carbons (Fsp3) is 0.118. The van der Waals surface area contributed by atoms with Crippen LogP contribution in [-0.4, -0.2) is 5.91 Å². The second-order valence-corrected chi connectivity index (χ2v) is 6.40. The van der Waals surface area contributed by atoms with Crippen LogP contribution in [0.4, 0.5) is 4.39 Å². The van der Waals surface area contributed by atoms with E-state index < -0.39 is 0 Å². The molecule has 0 spiro atoms. The van der Waals surface area contributed by atoms with Crippen molar-refractivity contribution in [2.75, 3.05) is 0 Å². The number of hydrogen-bond donors (Lipinski definition) is 1. The van der Waals surface area contributed by atoms with Crippen LogP contribution in [-0.2, 0) is 10.5 Å². The molecule has 0 heterocycles. The number of carbonyl (C=O) groups is 1. The van der Waals surface area contributed by atoms with Crippen LogP contribution in [0.15, 0.2) is 64.9 Å². The summed E-state index contributed by atoms with van der Waals surface area (Å²) in [5.41, 5.74) is 2.21. The van der Waals surface area contributed by atoms with Gasteiger partial charge in [0.15, 0.2) is 0 Å². The molecule has 0 atom stereocenters. The van der Waals surface area contributed by atoms with E-state index in [4.69, 9.17) is 0 Å². The molecule has 0 aliphatic carbocycles. The van der Waals surface area contributed by atoms with Crippen molar-refractivity contribution in [1.29, 1.82) is 0 Å². The van der Waals surface area contributed by atoms with E-state index in [0.717, 1.165) is 10.5 Å². The van der Waals surface area contributed by atoms with Crippen molar-refractivity contribution in [3.63, 3.8) is 0 Å². The van der Waals surface area contributed by atoms with Crippen LogP contribution in [0.2, 0.25) is 0 Å². The molecule has 0 unspecified atom stereocenters. The number of amides is 1. The van der Waals surface area contributed by atoms with Gasteiger partial charge < -0.3 is 0 Å². The smallest absolute Gasteiger partial charge is 0.254 e. The van der Waals surface area contributed by atoms with Crippen molar-refractivity contribution in [1.82, 2.24) is 4.72 Å². The highest BCUT2D eigenvalue weighted by molar-refractivity contribution is 8.01. The van der Waals surface area contributed by atoms with Crippen LogP contribution in [0.3, 0.4) is 0 Å². The van der Waals surface area contributed by atoms with Crippen LogP contribution in [0.25, 0.3) is 0 Å². The van der Waals surface area contributed by atoms with Gasteiger partial charge in [0.25, 0.3) is 5.91 Å². The van der Waals surface area contributed by atoms with E-state index in [2.05, 4.69) is 4.72 Å². The molecule has 2 rings (SSSR count). The van der Waals surface area contributed by atoms with Crippen LogP contribution in [0, 0.1) is 12.7 Å². The third-order valence-electron chi connectivity index (χ3n) is 2.77. The molecular formula is C17H16FNOS2. The Bertz CT molecular complexity index is 639. The summed E-state index contributed by atoms with van der Waals surface area (Å²) in [7, 11) is 0. The van der Waals surface area contributed by atoms with Crippen molar-refractivity contribution in [3.05, 3.63) is 77.0 Å². The van der Waals surface area contributed by atoms with Crippen molar-refractivity contribution < 1.29 is 9.18 Å². The van der Waals surface area contributed by atoms with Gasteiger partial charge in [0, 0.05) is 16.7 Å². The Morgan fingerprint density at radius 3 is 2.50 bits per heavy atom. The predicted octanol–water partition coefficient (Wildman–Crippen LogP) is 4.70. The van der Waals surface area contributed by atoms with E-state index in [1.165, 1.54) is 47.5 Å². The van der Waals surface area contributed by atoms with Crippen molar-refractivity contribution in [2.45, 2.75) is 17.6 Å². The van der Waals surface area contributed by atoms with Gasteiger partial charge >= 0.3 is 0 Å². The van der Waals surface area contributed by atoms with E-state index in [1.807, 2.05) is 31.2 Å². The maximum Gasteiger partial charge on any atom is 0.254 e. The Labute approximate surface area is 138 Å². The van der Waals surface area contributed by atoms with Crippen LogP contribution >= 0.6 is 23.7 Å². The summed E-state index contributed by atoms with van der Waals surface area (Å²) in [4.78, 5) is 12.6. The second-order valence-electron chi connectivity index (χ2n) is 4.62. The predicted molar refractivity (Wildman–Crippen MR) is 92.0 cm³/mol. The molecule has 2 nitrogen and oxygen atoms in total. The molecule has 1 N–H and O–H groups in total. The Balaban J connectivity index is 1.70. The van der Waals surface area contributed by atoms with Crippen molar-refractivity contribution >= 4 is 29.6 Å². The molecule has 0 aliphatic heterocycles. The molecule has 0 fully saturated rings. The van der Waals surface area contributed by atoms with Gasteiger partial charge in [0.2, 0.25) is 0 Å². The lowest BCUT2D eigenvalue weighted by Gasteiger charge is -2.01. The first-order valence-electron chi connectivity index (χ1n) is 6.69. The second kappa shape index (κ2) is 8.66. The highest BCUT2D eigenvalue weighted by Gasteiger charge is 1.98. The van der Waals surface area contributed by atoms with Gasteiger partial charge in [0.05, 0.1) is 0 Å². The lowest BCUT2D eigenvalue weighted by atomic mass is 10.2. The number of carbonyl (C=O) groups excluding carboxylic acids is 1. The average Bonchev–Trinajstić information content (AvgIpc) is 2.53. The van der Waals surface area contributed by atoms with Gasteiger partial charge in [-0.05, 0) is 54.1 Å². The zero-order valence-electron chi connectivity index (χ0n) is 12.1. The molecule has 0 radical (unpaired) electrons. The normalized spacial score (nSPS) is 10.8. The first-order chi connectivity index (χ1) is 10.6. The zero-order valence-corrected chi connectivity index (χ0v) is 13.7. The quantitative estimate of drug-likeness (QED) is 0.613. The number of benzene rings is 2. The van der Waals surface area contributed by atoms with Gasteiger partial charge in [-0.3, -0.25) is 9.52 Å². The molecule has 0 aromatic heterocycles. The first kappa shape index (κ1) is 16.6. The van der Waals surface area contributed by atoms with E-state index in [-0.39, 0.29) is 11.7 Å². The summed E-state index contributed by atoms with van der Waals surface area (Å²) in [6.07, 6.45) is 1.50. The lowest BCUT2D eigenvalue weighted by Crippen LogP contribution is -2.11. The first-order valence-corrected chi connectivity index (χ1v) is 8.56. The SMILES string of the molecule is Cc1ccc(SNC(=O)/C=C/SCc2ccc(F)cc2)cc1. The van der Waals surface area contributed by atoms with Gasteiger partial charge in [-0.2, -0.15) is 0 Å². The van der Waals surface area contributed by atoms with E-state index in [0.29, 0.717) is 5.75 Å². The largest absolute Gasteiger partial charge is 0.292 e. The minimum absolute atomic E-state index is 0.155. The molecule has 22 heavy (non-hydrogen) atoms. The van der Waals surface area contributed by atoms with Crippen LogP contribution in [0.5, 0.6) is 0 Å². The summed E-state index contributed by atoms with van der Waals surface area (Å²) >= 11 is 2.78. The molecule has 1 amide bonds. The monoisotopic (exact) mass is 333 g/mol. The highest BCUT2D eigenvalue weighted by Crippen LogP contribution is 2.16. The summed E-state index contributed by atoms with van der Waals surface area (Å²) in [5, 5.41) is 1.74. The Hall–Kier alpha value is -1.72. The minimum atomic E-state index is -0.239. The molecular weight excluding hydrogens is 317 g/mol. The van der Waals surface area contributed by atoms with Crippen molar-refractivity contribution in [2.24, 2.45) is 0 Å². The third kappa shape index (κ3) is 5.95. The molecule has 0 bridgehead atoms. The highest BCUT2D eigenvalue weighted by atomic mass is 32.2. The lowest BCUT2D eigenvalue weighted by molar-refractivity contribution is -0.114. The molecule has 0 saturated carbocycles. The van der Waals surface area contributed by atoms with Crippen LogP contribution in [0.1, 0.15) is 11.1 Å². The summed E-state index contributed by atoms with van der Waals surface area (Å²) in [5.74, 6) is 0.309. The molecule has 0 saturated heterocycles. The van der Waals surface area contributed by atoms with Crippen molar-refractivity contribution in [3.8, 4) is 0 Å². The van der Waals surface area contributed by atoms with E-state index in [1.54, 1.807) is 17.5 Å². The topological polar surface area (TPSA) is 29.1 Å². The number of hydrogen-bond acceptors (Lipinski definition) is 3. The number of rotatable bonds is 6. The Morgan fingerprint density at radius 2 is 1.82 bits per heavy atom. The Morgan fingerprint density at radius 1 is 1.14 bits per heavy atom. The number of aryl methyl sites for hydroxylation is 1. The van der Waals surface area contributed by atoms with E-state index in [9.17, 15) is 9.18 Å². The molecule has 114 valence electrons. The van der Waals surface area contributed by atoms with Crippen LogP contribution < -0.4 is 4.72 Å². The summed E-state index contributed by atoms with van der Waals surface area (Å²) in [6, 6.07) is 14.3. The van der Waals surface area contributed by atoms with Gasteiger partial charge in [-0.25, -0.2) is 4.39 Å². The zero-order chi connectivity index (χ0) is 15.8. The maximum absolute atomic E-state index is 12.8.